The van der Waals surface area contributed by atoms with Crippen molar-refractivity contribution in [2.45, 2.75) is 6.92 Å². The molecule has 0 unspecified atom stereocenters. The molecule has 0 saturated heterocycles. The lowest BCUT2D eigenvalue weighted by atomic mass is 10.3. The van der Waals surface area contributed by atoms with E-state index in [0.717, 1.165) is 27.7 Å². The van der Waals surface area contributed by atoms with Crippen LogP contribution in [0.15, 0.2) is 55.0 Å². The van der Waals surface area contributed by atoms with Crippen LogP contribution in [0, 0.1) is 6.92 Å². The number of hydrogen-bond donors (Lipinski definition) is 1. The number of thiophene rings is 1. The number of benzene rings is 1. The van der Waals surface area contributed by atoms with Gasteiger partial charge in [-0.15, -0.1) is 11.3 Å². The standard InChI is InChI=1S/C17H13ClN4S/c1-11-2-7-14(23-11)16-17(20-13-5-3-12(18)4-6-13)22-9-8-19-10-15(22)21-16/h2-10,20H,1H3. The Morgan fingerprint density at radius 2 is 1.96 bits per heavy atom. The lowest BCUT2D eigenvalue weighted by Crippen LogP contribution is -1.96. The third-order valence-electron chi connectivity index (χ3n) is 3.51. The van der Waals surface area contributed by atoms with E-state index in [-0.39, 0.29) is 0 Å². The van der Waals surface area contributed by atoms with Gasteiger partial charge in [0.1, 0.15) is 11.5 Å². The second kappa shape index (κ2) is 5.68. The summed E-state index contributed by atoms with van der Waals surface area (Å²) in [7, 11) is 0. The zero-order chi connectivity index (χ0) is 15.8. The largest absolute Gasteiger partial charge is 0.339 e. The number of nitrogens with one attached hydrogen (secondary N) is 1. The number of aryl methyl sites for hydroxylation is 1. The van der Waals surface area contributed by atoms with Gasteiger partial charge in [-0.05, 0) is 43.3 Å². The van der Waals surface area contributed by atoms with E-state index in [9.17, 15) is 0 Å². The van der Waals surface area contributed by atoms with Gasteiger partial charge < -0.3 is 5.32 Å². The fourth-order valence-electron chi connectivity index (χ4n) is 2.43. The van der Waals surface area contributed by atoms with E-state index in [0.29, 0.717) is 5.02 Å². The second-order valence-electron chi connectivity index (χ2n) is 5.16. The zero-order valence-corrected chi connectivity index (χ0v) is 13.9. The number of nitrogens with zero attached hydrogens (tertiary/aromatic N) is 3. The van der Waals surface area contributed by atoms with Crippen molar-refractivity contribution >= 4 is 40.1 Å². The Morgan fingerprint density at radius 3 is 2.70 bits per heavy atom. The first-order chi connectivity index (χ1) is 11.2. The lowest BCUT2D eigenvalue weighted by molar-refractivity contribution is 1.13. The van der Waals surface area contributed by atoms with Gasteiger partial charge in [-0.25, -0.2) is 4.98 Å². The fourth-order valence-corrected chi connectivity index (χ4v) is 3.41. The summed E-state index contributed by atoms with van der Waals surface area (Å²) in [4.78, 5) is 11.3. The number of anilines is 2. The van der Waals surface area contributed by atoms with Crippen molar-refractivity contribution < 1.29 is 0 Å². The minimum Gasteiger partial charge on any atom is -0.339 e. The Hall–Kier alpha value is -2.37. The average Bonchev–Trinajstić information content (AvgIpc) is 3.14. The second-order valence-corrected chi connectivity index (χ2v) is 6.88. The summed E-state index contributed by atoms with van der Waals surface area (Å²) in [6.07, 6.45) is 5.42. The molecule has 23 heavy (non-hydrogen) atoms. The van der Waals surface area contributed by atoms with E-state index < -0.39 is 0 Å². The Bertz CT molecular complexity index is 972. The van der Waals surface area contributed by atoms with Crippen molar-refractivity contribution in [3.63, 3.8) is 0 Å². The van der Waals surface area contributed by atoms with Gasteiger partial charge in [0.2, 0.25) is 0 Å². The SMILES string of the molecule is Cc1ccc(-c2nc3cnccn3c2Nc2ccc(Cl)cc2)s1. The molecule has 4 aromatic rings. The minimum absolute atomic E-state index is 0.715. The first kappa shape index (κ1) is 14.2. The van der Waals surface area contributed by atoms with Gasteiger partial charge in [0.15, 0.2) is 5.65 Å². The molecule has 1 aromatic carbocycles. The first-order valence-electron chi connectivity index (χ1n) is 7.12. The van der Waals surface area contributed by atoms with E-state index in [1.165, 1.54) is 4.88 Å². The maximum Gasteiger partial charge on any atom is 0.157 e. The van der Waals surface area contributed by atoms with Crippen LogP contribution in [0.5, 0.6) is 0 Å². The highest BCUT2D eigenvalue weighted by molar-refractivity contribution is 7.15. The lowest BCUT2D eigenvalue weighted by Gasteiger charge is -2.08. The van der Waals surface area contributed by atoms with Crippen molar-refractivity contribution in [3.8, 4) is 10.6 Å². The van der Waals surface area contributed by atoms with Crippen molar-refractivity contribution in [1.29, 1.82) is 0 Å². The molecule has 4 nitrogen and oxygen atoms in total. The molecule has 0 aliphatic rings. The van der Waals surface area contributed by atoms with Crippen molar-refractivity contribution in [3.05, 3.63) is 64.9 Å². The maximum atomic E-state index is 5.97. The van der Waals surface area contributed by atoms with Crippen LogP contribution in [-0.4, -0.2) is 14.4 Å². The van der Waals surface area contributed by atoms with Gasteiger partial charge in [0, 0.05) is 28.0 Å². The summed E-state index contributed by atoms with van der Waals surface area (Å²) in [6, 6.07) is 11.8. The first-order valence-corrected chi connectivity index (χ1v) is 8.31. The molecule has 4 rings (SSSR count). The Kier molecular flexibility index (Phi) is 3.52. The Labute approximate surface area is 142 Å². The summed E-state index contributed by atoms with van der Waals surface area (Å²) in [5.41, 5.74) is 2.69. The van der Waals surface area contributed by atoms with Crippen LogP contribution < -0.4 is 5.32 Å². The van der Waals surface area contributed by atoms with Gasteiger partial charge in [-0.1, -0.05) is 11.6 Å². The van der Waals surface area contributed by atoms with Crippen LogP contribution in [0.3, 0.4) is 0 Å². The molecule has 0 atom stereocenters. The van der Waals surface area contributed by atoms with Gasteiger partial charge >= 0.3 is 0 Å². The quantitative estimate of drug-likeness (QED) is 0.560. The smallest absolute Gasteiger partial charge is 0.157 e. The number of imidazole rings is 1. The normalized spacial score (nSPS) is 11.0. The van der Waals surface area contributed by atoms with E-state index in [1.54, 1.807) is 23.7 Å². The van der Waals surface area contributed by atoms with Crippen LogP contribution in [-0.2, 0) is 0 Å². The molecule has 0 radical (unpaired) electrons. The number of rotatable bonds is 3. The molecule has 3 heterocycles. The average molecular weight is 341 g/mol. The molecule has 0 fully saturated rings. The number of halogens is 1. The summed E-state index contributed by atoms with van der Waals surface area (Å²) in [6.45, 7) is 2.10. The molecule has 0 saturated carbocycles. The predicted molar refractivity (Wildman–Crippen MR) is 95.8 cm³/mol. The Morgan fingerprint density at radius 1 is 1.13 bits per heavy atom. The van der Waals surface area contributed by atoms with Crippen LogP contribution in [0.4, 0.5) is 11.5 Å². The van der Waals surface area contributed by atoms with Crippen molar-refractivity contribution in [2.75, 3.05) is 5.32 Å². The minimum atomic E-state index is 0.715. The number of hydrogen-bond acceptors (Lipinski definition) is 4. The molecule has 0 spiro atoms. The molecule has 3 aromatic heterocycles. The fraction of sp³-hybridized carbons (Fsp3) is 0.0588. The zero-order valence-electron chi connectivity index (χ0n) is 12.3. The van der Waals surface area contributed by atoms with Crippen LogP contribution in [0.25, 0.3) is 16.2 Å². The predicted octanol–water partition coefficient (Wildman–Crippen LogP) is 5.16. The van der Waals surface area contributed by atoms with Gasteiger partial charge in [0.05, 0.1) is 11.1 Å². The molecule has 0 bridgehead atoms. The van der Waals surface area contributed by atoms with Gasteiger partial charge in [0.25, 0.3) is 0 Å². The maximum absolute atomic E-state index is 5.97. The highest BCUT2D eigenvalue weighted by atomic mass is 35.5. The Balaban J connectivity index is 1.87. The summed E-state index contributed by atoms with van der Waals surface area (Å²) >= 11 is 7.69. The highest BCUT2D eigenvalue weighted by Gasteiger charge is 2.15. The number of aromatic nitrogens is 3. The molecule has 0 amide bonds. The molecule has 0 aliphatic heterocycles. The topological polar surface area (TPSA) is 42.2 Å². The van der Waals surface area contributed by atoms with E-state index in [2.05, 4.69) is 29.4 Å². The summed E-state index contributed by atoms with van der Waals surface area (Å²) in [5.74, 6) is 0.923. The number of fused-ring (bicyclic) bond motifs is 1. The molecule has 1 N–H and O–H groups in total. The van der Waals surface area contributed by atoms with Crippen LogP contribution in [0.1, 0.15) is 4.88 Å². The monoisotopic (exact) mass is 340 g/mol. The molecular formula is C17H13ClN4S. The third kappa shape index (κ3) is 2.69. The van der Waals surface area contributed by atoms with Crippen LogP contribution >= 0.6 is 22.9 Å². The van der Waals surface area contributed by atoms with Crippen LogP contribution in [0.2, 0.25) is 5.02 Å². The molecule has 0 aliphatic carbocycles. The van der Waals surface area contributed by atoms with E-state index in [1.807, 2.05) is 34.9 Å². The van der Waals surface area contributed by atoms with Crippen molar-refractivity contribution in [2.24, 2.45) is 0 Å². The van der Waals surface area contributed by atoms with Crippen molar-refractivity contribution in [1.82, 2.24) is 14.4 Å². The van der Waals surface area contributed by atoms with Gasteiger partial charge in [-0.2, -0.15) is 0 Å². The summed E-state index contributed by atoms with van der Waals surface area (Å²) < 4.78 is 2.01. The summed E-state index contributed by atoms with van der Waals surface area (Å²) in [5, 5.41) is 4.17. The van der Waals surface area contributed by atoms with E-state index in [4.69, 9.17) is 16.6 Å². The molecule has 114 valence electrons. The third-order valence-corrected chi connectivity index (χ3v) is 4.77. The molecular weight excluding hydrogens is 328 g/mol. The highest BCUT2D eigenvalue weighted by Crippen LogP contribution is 2.35. The van der Waals surface area contributed by atoms with Gasteiger partial charge in [-0.3, -0.25) is 9.38 Å². The van der Waals surface area contributed by atoms with E-state index >= 15 is 0 Å². The molecule has 6 heteroatoms.